The molecule has 1 aromatic rings. The highest BCUT2D eigenvalue weighted by molar-refractivity contribution is 5.07. The number of aromatic nitrogens is 1. The Hall–Kier alpha value is -0.830. The normalized spacial score (nSPS) is 13.2. The molecule has 3 heteroatoms. The zero-order valence-electron chi connectivity index (χ0n) is 7.58. The largest absolute Gasteiger partial charge is 0.385 e. The van der Waals surface area contributed by atoms with Crippen molar-refractivity contribution >= 4 is 0 Å². The molecule has 0 saturated heterocycles. The maximum Gasteiger partial charge on any atom is 0.165 e. The maximum atomic E-state index is 9.38. The van der Waals surface area contributed by atoms with E-state index in [2.05, 4.69) is 12.1 Å². The molecule has 0 radical (unpaired) electrons. The van der Waals surface area contributed by atoms with E-state index in [1.807, 2.05) is 13.0 Å². The number of aliphatic hydroxyl groups is 1. The van der Waals surface area contributed by atoms with Crippen molar-refractivity contribution in [1.29, 1.82) is 0 Å². The highest BCUT2D eigenvalue weighted by Gasteiger charge is 2.10. The molecule has 1 rings (SSSR count). The summed E-state index contributed by atoms with van der Waals surface area (Å²) in [5.41, 5.74) is 0.931. The fourth-order valence-electron chi connectivity index (χ4n) is 1.06. The lowest BCUT2D eigenvalue weighted by Crippen LogP contribution is -1.91. The molecule has 68 valence electrons. The van der Waals surface area contributed by atoms with E-state index in [-0.39, 0.29) is 0 Å². The summed E-state index contributed by atoms with van der Waals surface area (Å²) in [5.74, 6) is 0.584. The van der Waals surface area contributed by atoms with Crippen LogP contribution >= 0.6 is 0 Å². The first-order valence-electron chi connectivity index (χ1n) is 4.41. The van der Waals surface area contributed by atoms with Crippen molar-refractivity contribution in [2.24, 2.45) is 0 Å². The second-order valence-electron chi connectivity index (χ2n) is 2.89. The summed E-state index contributed by atoms with van der Waals surface area (Å²) in [4.78, 5) is 0. The predicted octanol–water partition coefficient (Wildman–Crippen LogP) is 2.07. The van der Waals surface area contributed by atoms with Gasteiger partial charge in [-0.05, 0) is 12.8 Å². The van der Waals surface area contributed by atoms with Crippen LogP contribution in [0, 0.1) is 0 Å². The number of nitrogens with zero attached hydrogens (tertiary/aromatic N) is 1. The second-order valence-corrected chi connectivity index (χ2v) is 2.89. The molecule has 12 heavy (non-hydrogen) atoms. The first-order chi connectivity index (χ1) is 5.77. The first kappa shape index (κ1) is 9.26. The summed E-state index contributed by atoms with van der Waals surface area (Å²) in [7, 11) is 0. The van der Waals surface area contributed by atoms with Crippen molar-refractivity contribution in [3.63, 3.8) is 0 Å². The predicted molar refractivity (Wildman–Crippen MR) is 45.7 cm³/mol. The van der Waals surface area contributed by atoms with Crippen LogP contribution in [0.1, 0.15) is 44.2 Å². The summed E-state index contributed by atoms with van der Waals surface area (Å²) in [5, 5.41) is 13.2. The van der Waals surface area contributed by atoms with Gasteiger partial charge in [-0.1, -0.05) is 25.4 Å². The van der Waals surface area contributed by atoms with Gasteiger partial charge in [0.15, 0.2) is 5.76 Å². The van der Waals surface area contributed by atoms with E-state index in [1.54, 1.807) is 0 Å². The topological polar surface area (TPSA) is 46.3 Å². The summed E-state index contributed by atoms with van der Waals surface area (Å²) in [6.07, 6.45) is 2.14. The Morgan fingerprint density at radius 3 is 2.92 bits per heavy atom. The van der Waals surface area contributed by atoms with Gasteiger partial charge in [0.05, 0.1) is 5.69 Å². The molecule has 1 heterocycles. The zero-order valence-corrected chi connectivity index (χ0v) is 7.58. The Kier molecular flexibility index (Phi) is 3.29. The minimum Gasteiger partial charge on any atom is -0.385 e. The number of rotatable bonds is 4. The molecule has 0 spiro atoms. The van der Waals surface area contributed by atoms with Crippen molar-refractivity contribution in [2.75, 3.05) is 0 Å². The van der Waals surface area contributed by atoms with Gasteiger partial charge in [0.25, 0.3) is 0 Å². The van der Waals surface area contributed by atoms with Crippen LogP contribution in [0.3, 0.4) is 0 Å². The van der Waals surface area contributed by atoms with Crippen LogP contribution in [0.25, 0.3) is 0 Å². The van der Waals surface area contributed by atoms with Crippen LogP contribution in [0.15, 0.2) is 10.6 Å². The zero-order chi connectivity index (χ0) is 8.97. The summed E-state index contributed by atoms with van der Waals surface area (Å²) < 4.78 is 4.97. The van der Waals surface area contributed by atoms with Crippen molar-refractivity contribution < 1.29 is 9.63 Å². The fourth-order valence-corrected chi connectivity index (χ4v) is 1.06. The van der Waals surface area contributed by atoms with Gasteiger partial charge in [0, 0.05) is 6.07 Å². The fraction of sp³-hybridized carbons (Fsp3) is 0.667. The molecule has 1 N–H and O–H groups in total. The summed E-state index contributed by atoms with van der Waals surface area (Å²) in [6.45, 7) is 4.00. The highest BCUT2D eigenvalue weighted by atomic mass is 16.5. The van der Waals surface area contributed by atoms with E-state index < -0.39 is 6.10 Å². The minimum absolute atomic E-state index is 0.497. The molecule has 3 nitrogen and oxygen atoms in total. The second kappa shape index (κ2) is 4.26. The lowest BCUT2D eigenvalue weighted by molar-refractivity contribution is 0.135. The SMILES string of the molecule is CCCc1cc(C(O)CC)on1. The molecule has 0 fully saturated rings. The molecule has 0 saturated carbocycles. The molecule has 1 atom stereocenters. The van der Waals surface area contributed by atoms with Crippen molar-refractivity contribution in [3.8, 4) is 0 Å². The van der Waals surface area contributed by atoms with Gasteiger partial charge in [-0.15, -0.1) is 0 Å². The van der Waals surface area contributed by atoms with Crippen molar-refractivity contribution in [3.05, 3.63) is 17.5 Å². The van der Waals surface area contributed by atoms with E-state index in [1.165, 1.54) is 0 Å². The molecule has 0 aliphatic heterocycles. The van der Waals surface area contributed by atoms with Gasteiger partial charge >= 0.3 is 0 Å². The number of aliphatic hydroxyl groups excluding tert-OH is 1. The van der Waals surface area contributed by atoms with E-state index >= 15 is 0 Å². The van der Waals surface area contributed by atoms with Crippen LogP contribution in [0.2, 0.25) is 0 Å². The van der Waals surface area contributed by atoms with Crippen LogP contribution in [0.4, 0.5) is 0 Å². The van der Waals surface area contributed by atoms with E-state index in [9.17, 15) is 5.11 Å². The third-order valence-corrected chi connectivity index (χ3v) is 1.80. The van der Waals surface area contributed by atoms with Gasteiger partial charge < -0.3 is 9.63 Å². The van der Waals surface area contributed by atoms with E-state index in [4.69, 9.17) is 4.52 Å². The average molecular weight is 169 g/mol. The monoisotopic (exact) mass is 169 g/mol. The van der Waals surface area contributed by atoms with Crippen LogP contribution in [-0.2, 0) is 6.42 Å². The molecule has 0 aliphatic rings. The number of hydrogen-bond acceptors (Lipinski definition) is 3. The third kappa shape index (κ3) is 2.08. The van der Waals surface area contributed by atoms with Crippen LogP contribution in [0.5, 0.6) is 0 Å². The lowest BCUT2D eigenvalue weighted by Gasteiger charge is -1.99. The molecule has 0 bridgehead atoms. The van der Waals surface area contributed by atoms with Gasteiger partial charge in [-0.25, -0.2) is 0 Å². The van der Waals surface area contributed by atoms with E-state index in [0.717, 1.165) is 18.5 Å². The molecular formula is C9H15NO2. The number of aryl methyl sites for hydroxylation is 1. The maximum absolute atomic E-state index is 9.38. The van der Waals surface area contributed by atoms with Crippen molar-refractivity contribution in [1.82, 2.24) is 5.16 Å². The lowest BCUT2D eigenvalue weighted by atomic mass is 10.2. The third-order valence-electron chi connectivity index (χ3n) is 1.80. The Balaban J connectivity index is 2.63. The standard InChI is InChI=1S/C9H15NO2/c1-3-5-7-6-9(12-10-7)8(11)4-2/h6,8,11H,3-5H2,1-2H3. The van der Waals surface area contributed by atoms with Crippen molar-refractivity contribution in [2.45, 2.75) is 39.2 Å². The molecule has 0 amide bonds. The Labute approximate surface area is 72.4 Å². The molecule has 1 unspecified atom stereocenters. The average Bonchev–Trinajstić information content (AvgIpc) is 2.52. The first-order valence-corrected chi connectivity index (χ1v) is 4.41. The Morgan fingerprint density at radius 1 is 1.58 bits per heavy atom. The van der Waals surface area contributed by atoms with Gasteiger partial charge in [-0.2, -0.15) is 0 Å². The summed E-state index contributed by atoms with van der Waals surface area (Å²) >= 11 is 0. The van der Waals surface area contributed by atoms with Crippen LogP contribution < -0.4 is 0 Å². The van der Waals surface area contributed by atoms with E-state index in [0.29, 0.717) is 12.2 Å². The minimum atomic E-state index is -0.497. The quantitative estimate of drug-likeness (QED) is 0.750. The molecule has 0 aliphatic carbocycles. The Morgan fingerprint density at radius 2 is 2.33 bits per heavy atom. The van der Waals surface area contributed by atoms with Crippen LogP contribution in [-0.4, -0.2) is 10.3 Å². The van der Waals surface area contributed by atoms with Gasteiger partial charge in [0.2, 0.25) is 0 Å². The number of hydrogen-bond donors (Lipinski definition) is 1. The Bertz CT molecular complexity index is 232. The smallest absolute Gasteiger partial charge is 0.165 e. The molecule has 1 aromatic heterocycles. The van der Waals surface area contributed by atoms with Gasteiger partial charge in [0.1, 0.15) is 6.10 Å². The molecular weight excluding hydrogens is 154 g/mol. The van der Waals surface area contributed by atoms with Gasteiger partial charge in [-0.3, -0.25) is 0 Å². The highest BCUT2D eigenvalue weighted by Crippen LogP contribution is 2.17. The molecule has 0 aromatic carbocycles. The summed E-state index contributed by atoms with van der Waals surface area (Å²) in [6, 6.07) is 1.83.